The zero-order chi connectivity index (χ0) is 53.3. The molecule has 0 unspecified atom stereocenters. The van der Waals surface area contributed by atoms with E-state index in [0.29, 0.717) is 61.8 Å². The topological polar surface area (TPSA) is 281 Å². The van der Waals surface area contributed by atoms with Gasteiger partial charge in [0.25, 0.3) is 31.9 Å². The smallest absolute Gasteiger partial charge is 0.318 e. The number of nitrogens with zero attached hydrogens (tertiary/aromatic N) is 7. The number of nitrogen functional groups attached to an aromatic ring is 2. The zero-order valence-corrected chi connectivity index (χ0v) is 44.7. The Kier molecular flexibility index (Phi) is 15.6. The first-order valence-electron chi connectivity index (χ1n) is 24.5. The Morgan fingerprint density at radius 2 is 1.14 bits per heavy atom. The molecule has 4 aromatic rings. The number of nitrogens with one attached hydrogen (secondary N) is 4. The summed E-state index contributed by atoms with van der Waals surface area (Å²) in [5.41, 5.74) is 14.1. The molecular formula is C51H69N13O7S2. The number of nitrogens with two attached hydrogens (primary N) is 2. The molecular weight excluding hydrogens is 971 g/mol. The predicted molar refractivity (Wildman–Crippen MR) is 283 cm³/mol. The van der Waals surface area contributed by atoms with E-state index in [1.807, 2.05) is 20.8 Å². The number of hydrogen-bond donors (Lipinski definition) is 6. The molecule has 0 bridgehead atoms. The van der Waals surface area contributed by atoms with Crippen LogP contribution in [0.2, 0.25) is 0 Å². The van der Waals surface area contributed by atoms with E-state index < -0.39 is 31.9 Å². The van der Waals surface area contributed by atoms with Crippen LogP contribution in [0.15, 0.2) is 82.9 Å². The minimum atomic E-state index is -4.27. The molecule has 0 spiro atoms. The van der Waals surface area contributed by atoms with Gasteiger partial charge >= 0.3 is 6.03 Å². The van der Waals surface area contributed by atoms with Gasteiger partial charge in [-0.05, 0) is 152 Å². The number of amides is 4. The van der Waals surface area contributed by atoms with Crippen molar-refractivity contribution >= 4 is 72.3 Å². The van der Waals surface area contributed by atoms with Gasteiger partial charge in [-0.25, -0.2) is 34.2 Å². The van der Waals surface area contributed by atoms with E-state index >= 15 is 0 Å². The van der Waals surface area contributed by atoms with Crippen molar-refractivity contribution in [1.29, 1.82) is 0 Å². The number of carbonyl (C=O) groups excluding carboxylic acids is 3. The van der Waals surface area contributed by atoms with E-state index in [1.165, 1.54) is 36.4 Å². The summed E-state index contributed by atoms with van der Waals surface area (Å²) in [6.45, 7) is 22.5. The third kappa shape index (κ3) is 12.9. The van der Waals surface area contributed by atoms with Gasteiger partial charge in [0.15, 0.2) is 10.1 Å². The number of urea groups is 1. The molecule has 0 saturated carbocycles. The largest absolute Gasteiger partial charge is 0.384 e. The van der Waals surface area contributed by atoms with Crippen LogP contribution in [0.3, 0.4) is 0 Å². The second kappa shape index (κ2) is 21.1. The summed E-state index contributed by atoms with van der Waals surface area (Å²) in [5.74, 6) is 0.176. The highest BCUT2D eigenvalue weighted by Gasteiger charge is 2.41. The highest BCUT2D eigenvalue weighted by Crippen LogP contribution is 2.40. The number of sulfonamides is 2. The highest BCUT2D eigenvalue weighted by molar-refractivity contribution is 7.90. The summed E-state index contributed by atoms with van der Waals surface area (Å²) in [5, 5.41) is 5.69. The second-order valence-corrected chi connectivity index (χ2v) is 24.8. The van der Waals surface area contributed by atoms with Crippen LogP contribution in [0.4, 0.5) is 28.1 Å². The Balaban J connectivity index is 0.000000218. The van der Waals surface area contributed by atoms with Crippen molar-refractivity contribution in [3.05, 3.63) is 95.3 Å². The van der Waals surface area contributed by atoms with Gasteiger partial charge in [0.05, 0.1) is 22.5 Å². The van der Waals surface area contributed by atoms with Crippen LogP contribution in [-0.2, 0) is 20.0 Å². The van der Waals surface area contributed by atoms with Crippen molar-refractivity contribution in [3.8, 4) is 0 Å². The summed E-state index contributed by atoms with van der Waals surface area (Å²) < 4.78 is 55.8. The SMILES string of the molecule is C[C@@H]1CN(c2nc(C3=CCCN(C(=O)NC(C)(C)C)C3)ccc2C(=O)NS(=O)(=O)c2cccc(N)n2)C(C)(C)C1.C[C@@H]1CN(c2nc(C3=CCCNC3)ccc2C(=O)NS(=O)(=O)c2cccc(N)n2)C(C)(C)C1. The van der Waals surface area contributed by atoms with Crippen LogP contribution in [0.1, 0.15) is 120 Å². The van der Waals surface area contributed by atoms with Crippen molar-refractivity contribution in [2.75, 3.05) is 60.5 Å². The van der Waals surface area contributed by atoms with Gasteiger partial charge in [-0.1, -0.05) is 38.1 Å². The van der Waals surface area contributed by atoms with E-state index in [-0.39, 0.29) is 55.5 Å². The molecule has 2 atom stereocenters. The van der Waals surface area contributed by atoms with Crippen LogP contribution in [0.25, 0.3) is 11.1 Å². The van der Waals surface area contributed by atoms with Gasteiger partial charge in [-0.2, -0.15) is 16.8 Å². The van der Waals surface area contributed by atoms with Gasteiger partial charge in [-0.3, -0.25) is 9.59 Å². The number of carbonyl (C=O) groups is 3. The number of rotatable bonds is 10. The lowest BCUT2D eigenvalue weighted by Crippen LogP contribution is -2.49. The summed E-state index contributed by atoms with van der Waals surface area (Å²) >= 11 is 0. The molecule has 0 aromatic carbocycles. The Labute approximate surface area is 429 Å². The number of pyridine rings is 4. The molecule has 20 nitrogen and oxygen atoms in total. The van der Waals surface area contributed by atoms with E-state index in [2.05, 4.69) is 93.5 Å². The van der Waals surface area contributed by atoms with E-state index in [1.54, 1.807) is 29.2 Å². The molecule has 8 rings (SSSR count). The molecule has 2 saturated heterocycles. The molecule has 4 amide bonds. The normalized spacial score (nSPS) is 19.8. The Morgan fingerprint density at radius 1 is 0.671 bits per heavy atom. The Bertz CT molecular complexity index is 3060. The first-order valence-corrected chi connectivity index (χ1v) is 27.4. The van der Waals surface area contributed by atoms with E-state index in [9.17, 15) is 31.2 Å². The van der Waals surface area contributed by atoms with E-state index in [0.717, 1.165) is 49.2 Å². The molecule has 4 aliphatic rings. The monoisotopic (exact) mass is 1040 g/mol. The van der Waals surface area contributed by atoms with Crippen LogP contribution < -0.4 is 41.3 Å². The molecule has 4 aliphatic heterocycles. The maximum Gasteiger partial charge on any atom is 0.318 e. The zero-order valence-electron chi connectivity index (χ0n) is 43.1. The third-order valence-electron chi connectivity index (χ3n) is 13.0. The lowest BCUT2D eigenvalue weighted by molar-refractivity contribution is 0.0972. The van der Waals surface area contributed by atoms with Gasteiger partial charge in [0, 0.05) is 49.3 Å². The molecule has 0 radical (unpaired) electrons. The fourth-order valence-corrected chi connectivity index (χ4v) is 11.8. The lowest BCUT2D eigenvalue weighted by atomic mass is 9.97. The van der Waals surface area contributed by atoms with Crippen LogP contribution >= 0.6 is 0 Å². The standard InChI is InChI=1S/C28H39N7O4S.C23H30N6O3S/c1-18-15-28(5,6)35(16-18)24-20(25(36)33-40(38,39)23-11-7-10-22(29)31-23)12-13-21(30-24)19-9-8-14-34(17-19)26(37)32-27(2,3)4;1-15-12-23(2,3)29(14-15)21-17(9-10-18(26-21)16-6-5-11-25-13-16)22(30)28-33(31,32)20-8-4-7-19(24)27-20/h7,9-13,18H,8,14-17H2,1-6H3,(H2,29,31)(H,32,37)(H,33,36);4,6-10,15,25H,5,11-14H2,1-3H3,(H2,24,27)(H,28,30)/t18-;15-/m00/s1. The first kappa shape index (κ1) is 54.1. The summed E-state index contributed by atoms with van der Waals surface area (Å²) in [7, 11) is -8.47. The van der Waals surface area contributed by atoms with Crippen molar-refractivity contribution in [1.82, 2.24) is 44.9 Å². The first-order chi connectivity index (χ1) is 34.1. The quantitative estimate of drug-likeness (QED) is 0.113. The van der Waals surface area contributed by atoms with Gasteiger partial charge in [0.1, 0.15) is 23.3 Å². The third-order valence-corrected chi connectivity index (χ3v) is 15.5. The van der Waals surface area contributed by atoms with Gasteiger partial charge in [0.2, 0.25) is 0 Å². The minimum Gasteiger partial charge on any atom is -0.384 e. The molecule has 22 heteroatoms. The van der Waals surface area contributed by atoms with Crippen LogP contribution in [0.5, 0.6) is 0 Å². The number of aromatic nitrogens is 4. The maximum atomic E-state index is 13.5. The molecule has 8 N–H and O–H groups in total. The van der Waals surface area contributed by atoms with Gasteiger partial charge < -0.3 is 36.8 Å². The van der Waals surface area contributed by atoms with Gasteiger partial charge in [-0.15, -0.1) is 0 Å². The van der Waals surface area contributed by atoms with Crippen LogP contribution in [-0.4, -0.2) is 115 Å². The molecule has 73 heavy (non-hydrogen) atoms. The molecule has 4 aromatic heterocycles. The Hall–Kier alpha value is -6.65. The second-order valence-electron chi connectivity index (χ2n) is 21.6. The molecule has 0 aliphatic carbocycles. The van der Waals surface area contributed by atoms with Crippen molar-refractivity contribution in [3.63, 3.8) is 0 Å². The van der Waals surface area contributed by atoms with Crippen LogP contribution in [0, 0.1) is 11.8 Å². The lowest BCUT2D eigenvalue weighted by Gasteiger charge is -2.34. The van der Waals surface area contributed by atoms with Crippen molar-refractivity contribution < 1.29 is 31.2 Å². The van der Waals surface area contributed by atoms with Crippen molar-refractivity contribution in [2.24, 2.45) is 11.8 Å². The molecule has 392 valence electrons. The predicted octanol–water partition coefficient (Wildman–Crippen LogP) is 5.58. The number of hydrogen-bond acceptors (Lipinski definition) is 16. The minimum absolute atomic E-state index is 0.0285. The molecule has 8 heterocycles. The fraction of sp³-hybridized carbons (Fsp3) is 0.471. The summed E-state index contributed by atoms with van der Waals surface area (Å²) in [4.78, 5) is 62.9. The average molecular weight is 1040 g/mol. The number of anilines is 4. The van der Waals surface area contributed by atoms with E-state index in [4.69, 9.17) is 21.4 Å². The highest BCUT2D eigenvalue weighted by atomic mass is 32.2. The van der Waals surface area contributed by atoms with Crippen molar-refractivity contribution in [2.45, 2.75) is 115 Å². The summed E-state index contributed by atoms with van der Waals surface area (Å²) in [6.07, 6.45) is 7.61. The molecule has 2 fully saturated rings. The maximum absolute atomic E-state index is 13.5. The average Bonchev–Trinajstić information content (AvgIpc) is 3.77. The Morgan fingerprint density at radius 3 is 1.55 bits per heavy atom. The fourth-order valence-electron chi connectivity index (χ4n) is 9.90. The summed E-state index contributed by atoms with van der Waals surface area (Å²) in [6, 6.07) is 15.0.